The highest BCUT2D eigenvalue weighted by Gasteiger charge is 2.61. The summed E-state index contributed by atoms with van der Waals surface area (Å²) in [6.07, 6.45) is 5.14. The van der Waals surface area contributed by atoms with Crippen LogP contribution in [-0.4, -0.2) is 44.7 Å². The Hall–Kier alpha value is -3.89. The number of halogens is 2. The summed E-state index contributed by atoms with van der Waals surface area (Å²) in [5.74, 6) is -5.92. The SMILES string of the molecule is CC.CCC(=O)C1C=C(C)C(c2cc3cnc(N)cc3nc2C(N)=O)=CN1.O=C(O)C1CC1(F)F. The van der Waals surface area contributed by atoms with Crippen molar-refractivity contribution in [3.8, 4) is 0 Å². The van der Waals surface area contributed by atoms with Crippen molar-refractivity contribution in [3.63, 3.8) is 0 Å². The molecule has 9 nitrogen and oxygen atoms in total. The van der Waals surface area contributed by atoms with Crippen LogP contribution in [0.25, 0.3) is 16.5 Å². The van der Waals surface area contributed by atoms with E-state index >= 15 is 0 Å². The van der Waals surface area contributed by atoms with Crippen molar-refractivity contribution in [3.05, 3.63) is 47.4 Å². The highest BCUT2D eigenvalue weighted by atomic mass is 19.3. The molecule has 1 aliphatic carbocycles. The van der Waals surface area contributed by atoms with Crippen molar-refractivity contribution in [2.75, 3.05) is 5.73 Å². The number of Topliss-reactive ketones (excluding diaryl/α,β-unsaturated/α-hetero) is 1. The first-order chi connectivity index (χ1) is 16.4. The van der Waals surface area contributed by atoms with Gasteiger partial charge in [0.25, 0.3) is 11.8 Å². The Balaban J connectivity index is 0.000000363. The molecule has 1 amide bonds. The molecule has 3 heterocycles. The molecule has 4 rings (SSSR count). The number of carbonyl (C=O) groups is 3. The maximum absolute atomic E-state index is 11.9. The summed E-state index contributed by atoms with van der Waals surface area (Å²) >= 11 is 0. The minimum atomic E-state index is -2.91. The van der Waals surface area contributed by atoms with Crippen LogP contribution < -0.4 is 16.8 Å². The number of alkyl halides is 2. The zero-order valence-electron chi connectivity index (χ0n) is 19.9. The minimum Gasteiger partial charge on any atom is -0.481 e. The van der Waals surface area contributed by atoms with E-state index < -0.39 is 30.1 Å². The molecule has 0 radical (unpaired) electrons. The predicted octanol–water partition coefficient (Wildman–Crippen LogP) is 3.30. The van der Waals surface area contributed by atoms with Gasteiger partial charge in [-0.15, -0.1) is 0 Å². The summed E-state index contributed by atoms with van der Waals surface area (Å²) in [6.45, 7) is 7.71. The van der Waals surface area contributed by atoms with Gasteiger partial charge in [-0.25, -0.2) is 18.7 Å². The van der Waals surface area contributed by atoms with E-state index in [-0.39, 0.29) is 17.5 Å². The summed E-state index contributed by atoms with van der Waals surface area (Å²) < 4.78 is 23.3. The number of nitrogens with zero attached hydrogens (tertiary/aromatic N) is 2. The number of ketones is 1. The van der Waals surface area contributed by atoms with Gasteiger partial charge in [0.1, 0.15) is 23.5 Å². The van der Waals surface area contributed by atoms with Crippen LogP contribution in [0.1, 0.15) is 56.6 Å². The molecular weight excluding hydrogens is 460 g/mol. The number of hydrogen-bond acceptors (Lipinski definition) is 7. The van der Waals surface area contributed by atoms with E-state index in [1.54, 1.807) is 18.5 Å². The number of nitrogen functional groups attached to an aromatic ring is 1. The third-order valence-electron chi connectivity index (χ3n) is 5.31. The molecule has 35 heavy (non-hydrogen) atoms. The number of anilines is 1. The zero-order valence-corrected chi connectivity index (χ0v) is 19.9. The Labute approximate surface area is 201 Å². The summed E-state index contributed by atoms with van der Waals surface area (Å²) in [7, 11) is 0. The number of pyridine rings is 2. The molecule has 11 heteroatoms. The van der Waals surface area contributed by atoms with Crippen LogP contribution in [0.5, 0.6) is 0 Å². The Bertz CT molecular complexity index is 1210. The second kappa shape index (κ2) is 11.0. The summed E-state index contributed by atoms with van der Waals surface area (Å²) in [5, 5.41) is 11.7. The normalized spacial score (nSPS) is 19.5. The molecular formula is C24H29F2N5O4. The Morgan fingerprint density at radius 1 is 1.26 bits per heavy atom. The number of carboxylic acid groups (broad SMARTS) is 1. The van der Waals surface area contributed by atoms with Crippen molar-refractivity contribution >= 4 is 40.0 Å². The topological polar surface area (TPSA) is 161 Å². The number of fused-ring (bicyclic) bond motifs is 1. The van der Waals surface area contributed by atoms with Crippen molar-refractivity contribution in [2.45, 2.75) is 52.5 Å². The minimum absolute atomic E-state index is 0.0982. The number of primary amides is 1. The van der Waals surface area contributed by atoms with E-state index in [0.29, 0.717) is 23.3 Å². The van der Waals surface area contributed by atoms with Gasteiger partial charge in [-0.1, -0.05) is 26.8 Å². The Morgan fingerprint density at radius 2 is 1.89 bits per heavy atom. The van der Waals surface area contributed by atoms with Crippen LogP contribution in [0.15, 0.2) is 36.2 Å². The second-order valence-electron chi connectivity index (χ2n) is 7.78. The van der Waals surface area contributed by atoms with Gasteiger partial charge in [0.2, 0.25) is 0 Å². The quantitative estimate of drug-likeness (QED) is 0.497. The third-order valence-corrected chi connectivity index (χ3v) is 5.31. The molecule has 2 aromatic heterocycles. The number of carboxylic acids is 1. The molecule has 2 aromatic rings. The molecule has 0 bridgehead atoms. The molecule has 6 N–H and O–H groups in total. The Morgan fingerprint density at radius 3 is 2.34 bits per heavy atom. The van der Waals surface area contributed by atoms with E-state index in [4.69, 9.17) is 16.6 Å². The standard InChI is InChI=1S/C18H19N5O2.C4H4F2O2.C2H6/c1-3-15(24)14-4-9(2)12(8-21-14)11-5-10-7-22-16(19)6-13(10)23-17(11)18(20)25;5-4(6)1-2(4)3(7)8;1-2/h4-8,14,21H,3H2,1-2H3,(H2,19,22)(H2,20,25);2H,1H2,(H,7,8);1-2H3. The number of carbonyl (C=O) groups excluding carboxylic acids is 2. The van der Waals surface area contributed by atoms with Gasteiger partial charge < -0.3 is 21.9 Å². The van der Waals surface area contributed by atoms with Crippen LogP contribution in [0.3, 0.4) is 0 Å². The lowest BCUT2D eigenvalue weighted by Crippen LogP contribution is -2.33. The van der Waals surface area contributed by atoms with Crippen LogP contribution in [0, 0.1) is 5.92 Å². The van der Waals surface area contributed by atoms with Gasteiger partial charge in [0, 0.05) is 47.8 Å². The molecule has 2 unspecified atom stereocenters. The number of amides is 1. The van der Waals surface area contributed by atoms with Gasteiger partial charge in [-0.2, -0.15) is 0 Å². The maximum Gasteiger partial charge on any atom is 0.312 e. The maximum atomic E-state index is 11.9. The van der Waals surface area contributed by atoms with Gasteiger partial charge in [-0.05, 0) is 18.6 Å². The molecule has 188 valence electrons. The van der Waals surface area contributed by atoms with E-state index in [0.717, 1.165) is 16.5 Å². The van der Waals surface area contributed by atoms with E-state index in [9.17, 15) is 23.2 Å². The highest BCUT2D eigenvalue weighted by Crippen LogP contribution is 2.48. The van der Waals surface area contributed by atoms with Gasteiger partial charge in [0.15, 0.2) is 5.78 Å². The van der Waals surface area contributed by atoms with Gasteiger partial charge >= 0.3 is 5.97 Å². The summed E-state index contributed by atoms with van der Waals surface area (Å²) in [5.41, 5.74) is 14.1. The fraction of sp³-hybridized carbons (Fsp3) is 0.375. The number of aliphatic carboxylic acids is 1. The first-order valence-electron chi connectivity index (χ1n) is 11.1. The van der Waals surface area contributed by atoms with Crippen molar-refractivity contribution in [2.24, 2.45) is 11.7 Å². The third kappa shape index (κ3) is 6.37. The van der Waals surface area contributed by atoms with Crippen LogP contribution in [0.4, 0.5) is 14.6 Å². The van der Waals surface area contributed by atoms with Crippen molar-refractivity contribution in [1.29, 1.82) is 0 Å². The molecule has 1 fully saturated rings. The molecule has 1 saturated carbocycles. The largest absolute Gasteiger partial charge is 0.481 e. The lowest BCUT2D eigenvalue weighted by molar-refractivity contribution is -0.140. The second-order valence-corrected chi connectivity index (χ2v) is 7.78. The number of rotatable bonds is 5. The van der Waals surface area contributed by atoms with E-state index in [2.05, 4.69) is 15.3 Å². The van der Waals surface area contributed by atoms with Crippen molar-refractivity contribution < 1.29 is 28.3 Å². The molecule has 2 atom stereocenters. The first-order valence-corrected chi connectivity index (χ1v) is 11.1. The zero-order chi connectivity index (χ0) is 26.5. The number of aromatic nitrogens is 2. The average Bonchev–Trinajstić information content (AvgIpc) is 3.48. The number of nitrogens with two attached hydrogens (primary N) is 2. The van der Waals surface area contributed by atoms with Crippen LogP contribution in [0.2, 0.25) is 0 Å². The van der Waals surface area contributed by atoms with E-state index in [1.165, 1.54) is 0 Å². The molecule has 0 aromatic carbocycles. The van der Waals surface area contributed by atoms with Gasteiger partial charge in [-0.3, -0.25) is 14.4 Å². The average molecular weight is 490 g/mol. The fourth-order valence-electron chi connectivity index (χ4n) is 3.33. The van der Waals surface area contributed by atoms with E-state index in [1.807, 2.05) is 39.8 Å². The smallest absolute Gasteiger partial charge is 0.312 e. The Kier molecular flexibility index (Phi) is 8.62. The number of hydrogen-bond donors (Lipinski definition) is 4. The van der Waals surface area contributed by atoms with Crippen LogP contribution >= 0.6 is 0 Å². The summed E-state index contributed by atoms with van der Waals surface area (Å²) in [4.78, 5) is 41.9. The molecule has 2 aliphatic rings. The van der Waals surface area contributed by atoms with Crippen LogP contribution in [-0.2, 0) is 9.59 Å². The number of dihydropyridines is 1. The summed E-state index contributed by atoms with van der Waals surface area (Å²) in [6, 6.07) is 3.04. The first kappa shape index (κ1) is 27.4. The predicted molar refractivity (Wildman–Crippen MR) is 128 cm³/mol. The number of allylic oxidation sites excluding steroid dienone is 2. The van der Waals surface area contributed by atoms with Gasteiger partial charge in [0.05, 0.1) is 5.52 Å². The lowest BCUT2D eigenvalue weighted by atomic mass is 9.92. The monoisotopic (exact) mass is 489 g/mol. The lowest BCUT2D eigenvalue weighted by Gasteiger charge is -2.22. The van der Waals surface area contributed by atoms with Crippen molar-refractivity contribution in [1.82, 2.24) is 15.3 Å². The fourth-order valence-corrected chi connectivity index (χ4v) is 3.33. The highest BCUT2D eigenvalue weighted by molar-refractivity contribution is 6.02. The molecule has 0 saturated heterocycles. The molecule has 1 aliphatic heterocycles. The number of nitrogens with one attached hydrogen (secondary N) is 1. The molecule has 0 spiro atoms.